The maximum absolute atomic E-state index is 10.3. The highest BCUT2D eigenvalue weighted by Crippen LogP contribution is 2.08. The van der Waals surface area contributed by atoms with Gasteiger partial charge in [0.2, 0.25) is 0 Å². The first-order valence-electron chi connectivity index (χ1n) is 2.50. The molecule has 1 N–H and O–H groups in total. The van der Waals surface area contributed by atoms with Gasteiger partial charge in [0, 0.05) is 5.25 Å². The zero-order valence-corrected chi connectivity index (χ0v) is 6.98. The van der Waals surface area contributed by atoms with E-state index < -0.39 is 15.4 Å². The molecule has 2 unspecified atom stereocenters. The van der Waals surface area contributed by atoms with Gasteiger partial charge in [0.25, 0.3) is 10.1 Å². The Hall–Kier alpha value is 0.260. The van der Waals surface area contributed by atoms with Crippen molar-refractivity contribution in [2.75, 3.05) is 0 Å². The Bertz CT molecular complexity index is 170. The molecule has 0 saturated carbocycles. The number of thiol groups is 1. The van der Waals surface area contributed by atoms with Crippen molar-refractivity contribution in [3.8, 4) is 0 Å². The van der Waals surface area contributed by atoms with Crippen molar-refractivity contribution >= 4 is 22.7 Å². The molecule has 3 nitrogen and oxygen atoms in total. The van der Waals surface area contributed by atoms with Crippen LogP contribution >= 0.6 is 12.6 Å². The number of hydrogen-bond acceptors (Lipinski definition) is 3. The fourth-order valence-corrected chi connectivity index (χ4v) is 1.21. The van der Waals surface area contributed by atoms with Crippen LogP contribution in [0.25, 0.3) is 0 Å². The fourth-order valence-electron chi connectivity index (χ4n) is 0.249. The van der Waals surface area contributed by atoms with E-state index in [1.54, 1.807) is 6.92 Å². The molecule has 0 bridgehead atoms. The van der Waals surface area contributed by atoms with E-state index in [1.807, 2.05) is 0 Å². The molecule has 0 rings (SSSR count). The average Bonchev–Trinajstić information content (AvgIpc) is 1.62. The molecule has 56 valence electrons. The van der Waals surface area contributed by atoms with Gasteiger partial charge in [-0.15, -0.1) is 0 Å². The summed E-state index contributed by atoms with van der Waals surface area (Å²) in [6, 6.07) is 0. The fraction of sp³-hybridized carbons (Fsp3) is 1.00. The van der Waals surface area contributed by atoms with Gasteiger partial charge in [-0.2, -0.15) is 21.0 Å². The summed E-state index contributed by atoms with van der Waals surface area (Å²) >= 11 is 3.85. The van der Waals surface area contributed by atoms with Crippen LogP contribution in [0.2, 0.25) is 0 Å². The van der Waals surface area contributed by atoms with E-state index in [1.165, 1.54) is 6.92 Å². The molecule has 0 spiro atoms. The van der Waals surface area contributed by atoms with Crippen LogP contribution < -0.4 is 0 Å². The van der Waals surface area contributed by atoms with Crippen LogP contribution in [0.15, 0.2) is 0 Å². The molecule has 0 amide bonds. The lowest BCUT2D eigenvalue weighted by Crippen LogP contribution is -2.24. The van der Waals surface area contributed by atoms with Gasteiger partial charge >= 0.3 is 0 Å². The number of rotatable bonds is 2. The third kappa shape index (κ3) is 3.07. The summed E-state index contributed by atoms with van der Waals surface area (Å²) in [7, 11) is -3.88. The van der Waals surface area contributed by atoms with Crippen LogP contribution in [-0.2, 0) is 10.1 Å². The molecule has 0 aliphatic carbocycles. The van der Waals surface area contributed by atoms with Gasteiger partial charge in [-0.05, 0) is 6.92 Å². The smallest absolute Gasteiger partial charge is 0.268 e. The van der Waals surface area contributed by atoms with Crippen molar-refractivity contribution in [3.05, 3.63) is 0 Å². The Morgan fingerprint density at radius 3 is 1.78 bits per heavy atom. The van der Waals surface area contributed by atoms with Crippen LogP contribution in [0, 0.1) is 0 Å². The minimum Gasteiger partial charge on any atom is -0.285 e. The summed E-state index contributed by atoms with van der Waals surface area (Å²) < 4.78 is 28.9. The van der Waals surface area contributed by atoms with E-state index in [2.05, 4.69) is 12.6 Å². The molecule has 9 heavy (non-hydrogen) atoms. The second kappa shape index (κ2) is 2.90. The second-order valence-electron chi connectivity index (χ2n) is 1.96. The van der Waals surface area contributed by atoms with Crippen molar-refractivity contribution in [1.82, 2.24) is 0 Å². The van der Waals surface area contributed by atoms with E-state index in [0.29, 0.717) is 0 Å². The summed E-state index contributed by atoms with van der Waals surface area (Å²) in [5.74, 6) is 0. The van der Waals surface area contributed by atoms with Crippen LogP contribution in [-0.4, -0.2) is 23.5 Å². The average molecular weight is 170 g/mol. The van der Waals surface area contributed by atoms with Gasteiger partial charge in [-0.3, -0.25) is 4.55 Å². The van der Waals surface area contributed by atoms with E-state index in [-0.39, 0.29) is 5.25 Å². The molecule has 0 aromatic heterocycles. The Balaban J connectivity index is 4.24. The van der Waals surface area contributed by atoms with Crippen LogP contribution in [0.1, 0.15) is 13.8 Å². The minimum atomic E-state index is -3.88. The van der Waals surface area contributed by atoms with E-state index in [0.717, 1.165) is 0 Å². The highest BCUT2D eigenvalue weighted by Gasteiger charge is 2.20. The third-order valence-corrected chi connectivity index (χ3v) is 3.15. The minimum absolute atomic E-state index is 0.333. The lowest BCUT2D eigenvalue weighted by atomic mass is 10.4. The molecule has 0 aliphatic rings. The van der Waals surface area contributed by atoms with Gasteiger partial charge in [0.05, 0.1) is 5.25 Å². The van der Waals surface area contributed by atoms with Crippen molar-refractivity contribution in [1.29, 1.82) is 0 Å². The maximum atomic E-state index is 10.3. The molecule has 5 heteroatoms. The van der Waals surface area contributed by atoms with Crippen molar-refractivity contribution in [2.45, 2.75) is 24.3 Å². The van der Waals surface area contributed by atoms with E-state index >= 15 is 0 Å². The lowest BCUT2D eigenvalue weighted by Gasteiger charge is -2.09. The van der Waals surface area contributed by atoms with Crippen molar-refractivity contribution < 1.29 is 13.0 Å². The van der Waals surface area contributed by atoms with Crippen molar-refractivity contribution in [2.24, 2.45) is 0 Å². The van der Waals surface area contributed by atoms with Crippen molar-refractivity contribution in [3.63, 3.8) is 0 Å². The highest BCUT2D eigenvalue weighted by atomic mass is 32.2. The van der Waals surface area contributed by atoms with E-state index in [9.17, 15) is 8.42 Å². The predicted molar refractivity (Wildman–Crippen MR) is 39.5 cm³/mol. The molecule has 0 aromatic carbocycles. The molecule has 0 aromatic rings. The van der Waals surface area contributed by atoms with Crippen LogP contribution in [0.3, 0.4) is 0 Å². The summed E-state index contributed by atoms with van der Waals surface area (Å²) in [5, 5.41) is -1.12. The second-order valence-corrected chi connectivity index (χ2v) is 4.55. The SMILES string of the molecule is CC(S)C(C)S(=O)(=O)O. The summed E-state index contributed by atoms with van der Waals surface area (Å²) in [4.78, 5) is 0. The largest absolute Gasteiger partial charge is 0.285 e. The Morgan fingerprint density at radius 2 is 1.78 bits per heavy atom. The molecule has 0 aliphatic heterocycles. The van der Waals surface area contributed by atoms with Gasteiger partial charge in [0.1, 0.15) is 0 Å². The first-order valence-corrected chi connectivity index (χ1v) is 4.52. The zero-order chi connectivity index (χ0) is 7.65. The van der Waals surface area contributed by atoms with Gasteiger partial charge in [-0.1, -0.05) is 6.92 Å². The molecular formula is C4H10O3S2. The van der Waals surface area contributed by atoms with Gasteiger partial charge < -0.3 is 0 Å². The monoisotopic (exact) mass is 170 g/mol. The summed E-state index contributed by atoms with van der Waals surface area (Å²) in [6.07, 6.45) is 0. The Kier molecular flexibility index (Phi) is 2.98. The van der Waals surface area contributed by atoms with Crippen LogP contribution in [0.5, 0.6) is 0 Å². The molecular weight excluding hydrogens is 160 g/mol. The third-order valence-electron chi connectivity index (χ3n) is 1.15. The summed E-state index contributed by atoms with van der Waals surface area (Å²) in [5.41, 5.74) is 0. The normalized spacial score (nSPS) is 19.1. The maximum Gasteiger partial charge on any atom is 0.268 e. The topological polar surface area (TPSA) is 54.4 Å². The van der Waals surface area contributed by atoms with E-state index in [4.69, 9.17) is 4.55 Å². The predicted octanol–water partition coefficient (Wildman–Crippen LogP) is 0.581. The standard InChI is InChI=1S/C4H10O3S2/c1-3(8)4(2)9(5,6)7/h3-4,8H,1-2H3,(H,5,6,7). The number of hydrogen-bond donors (Lipinski definition) is 2. The quantitative estimate of drug-likeness (QED) is 0.471. The molecule has 0 saturated heterocycles. The van der Waals surface area contributed by atoms with Gasteiger partial charge in [0.15, 0.2) is 0 Å². The Labute approximate surface area is 60.6 Å². The molecule has 2 atom stereocenters. The first kappa shape index (κ1) is 9.26. The molecule has 0 fully saturated rings. The molecule has 0 heterocycles. The zero-order valence-electron chi connectivity index (χ0n) is 5.27. The Morgan fingerprint density at radius 1 is 1.44 bits per heavy atom. The molecule has 0 radical (unpaired) electrons. The van der Waals surface area contributed by atoms with Gasteiger partial charge in [-0.25, -0.2) is 0 Å². The lowest BCUT2D eigenvalue weighted by molar-refractivity contribution is 0.470. The van der Waals surface area contributed by atoms with Crippen LogP contribution in [0.4, 0.5) is 0 Å². The highest BCUT2D eigenvalue weighted by molar-refractivity contribution is 7.88. The first-order chi connectivity index (χ1) is 3.85. The summed E-state index contributed by atoms with van der Waals surface area (Å²) in [6.45, 7) is 3.02.